The van der Waals surface area contributed by atoms with E-state index in [1.165, 1.54) is 25.3 Å². The number of halogens is 1. The third kappa shape index (κ3) is 4.74. The molecule has 0 saturated carbocycles. The van der Waals surface area contributed by atoms with E-state index in [1.807, 2.05) is 30.3 Å². The number of benzene rings is 1. The van der Waals surface area contributed by atoms with Crippen LogP contribution in [-0.4, -0.2) is 64.9 Å². The lowest BCUT2D eigenvalue weighted by molar-refractivity contribution is -0.137. The summed E-state index contributed by atoms with van der Waals surface area (Å²) in [5, 5.41) is 0. The summed E-state index contributed by atoms with van der Waals surface area (Å²) < 4.78 is 13.6. The normalized spacial score (nSPS) is 23.5. The zero-order chi connectivity index (χ0) is 22.8. The van der Waals surface area contributed by atoms with Gasteiger partial charge in [-0.1, -0.05) is 12.1 Å². The van der Waals surface area contributed by atoms with Gasteiger partial charge in [0, 0.05) is 38.9 Å². The molecular weight excluding hydrogens is 417 g/mol. The first-order valence-corrected chi connectivity index (χ1v) is 12.3. The van der Waals surface area contributed by atoms with Crippen LogP contribution >= 0.6 is 0 Å². The first-order chi connectivity index (χ1) is 16.0. The highest BCUT2D eigenvalue weighted by atomic mass is 19.1. The van der Waals surface area contributed by atoms with Crippen molar-refractivity contribution >= 4 is 11.9 Å². The minimum atomic E-state index is -0.270. The van der Waals surface area contributed by atoms with Crippen molar-refractivity contribution in [1.82, 2.24) is 19.8 Å². The highest BCUT2D eigenvalue weighted by Gasteiger charge is 2.51. The Morgan fingerprint density at radius 1 is 1.09 bits per heavy atom. The minimum Gasteiger partial charge on any atom is -0.342 e. The summed E-state index contributed by atoms with van der Waals surface area (Å²) in [5.41, 5.74) is 1.75. The Labute approximate surface area is 195 Å². The lowest BCUT2D eigenvalue weighted by atomic mass is 9.75. The number of hydrogen-bond donors (Lipinski definition) is 0. The molecule has 5 rings (SSSR count). The molecule has 0 radical (unpaired) electrons. The van der Waals surface area contributed by atoms with Crippen LogP contribution in [0.3, 0.4) is 0 Å². The number of likely N-dealkylation sites (tertiary alicyclic amines) is 2. The molecule has 7 heteroatoms. The molecule has 176 valence electrons. The van der Waals surface area contributed by atoms with Crippen molar-refractivity contribution < 1.29 is 9.18 Å². The van der Waals surface area contributed by atoms with Gasteiger partial charge in [0.15, 0.2) is 0 Å². The van der Waals surface area contributed by atoms with Gasteiger partial charge in [-0.25, -0.2) is 14.4 Å². The SMILES string of the molecule is CN1C(=O)C2(CCN(Cc3ccnc(N4CCCCC4)n3)CC2)CC1Cc1cccc(F)c1. The lowest BCUT2D eigenvalue weighted by Gasteiger charge is -2.37. The zero-order valence-electron chi connectivity index (χ0n) is 19.5. The largest absolute Gasteiger partial charge is 0.342 e. The molecule has 1 aromatic carbocycles. The van der Waals surface area contributed by atoms with Crippen LogP contribution in [0.5, 0.6) is 0 Å². The molecule has 1 amide bonds. The van der Waals surface area contributed by atoms with Gasteiger partial charge in [-0.05, 0) is 81.8 Å². The smallest absolute Gasteiger partial charge is 0.228 e. The Morgan fingerprint density at radius 2 is 1.88 bits per heavy atom. The van der Waals surface area contributed by atoms with Crippen LogP contribution in [0.1, 0.15) is 49.8 Å². The number of rotatable bonds is 5. The first kappa shape index (κ1) is 22.3. The standard InChI is InChI=1S/C26H34FN5O/c1-30-23(17-20-6-5-7-21(27)16-20)18-26(24(30)33)9-14-31(15-10-26)19-22-8-11-28-25(29-22)32-12-3-2-4-13-32/h5-8,11,16,23H,2-4,9-10,12-15,17-19H2,1H3. The van der Waals surface area contributed by atoms with Crippen LogP contribution in [0.25, 0.3) is 0 Å². The van der Waals surface area contributed by atoms with E-state index >= 15 is 0 Å². The summed E-state index contributed by atoms with van der Waals surface area (Å²) in [7, 11) is 1.91. The molecule has 1 spiro atoms. The molecule has 1 aromatic heterocycles. The maximum atomic E-state index is 13.6. The number of nitrogens with zero attached hydrogens (tertiary/aromatic N) is 5. The van der Waals surface area contributed by atoms with Crippen molar-refractivity contribution in [3.63, 3.8) is 0 Å². The monoisotopic (exact) mass is 451 g/mol. The highest BCUT2D eigenvalue weighted by molar-refractivity contribution is 5.85. The van der Waals surface area contributed by atoms with Gasteiger partial charge < -0.3 is 9.80 Å². The second kappa shape index (κ2) is 9.37. The fourth-order valence-corrected chi connectivity index (χ4v) is 5.87. The fourth-order valence-electron chi connectivity index (χ4n) is 5.87. The predicted molar refractivity (Wildman–Crippen MR) is 126 cm³/mol. The van der Waals surface area contributed by atoms with Gasteiger partial charge in [-0.2, -0.15) is 0 Å². The van der Waals surface area contributed by atoms with Crippen molar-refractivity contribution in [2.45, 2.75) is 57.5 Å². The van der Waals surface area contributed by atoms with Crippen molar-refractivity contribution in [1.29, 1.82) is 0 Å². The number of carbonyl (C=O) groups is 1. The van der Waals surface area contributed by atoms with Gasteiger partial charge in [0.25, 0.3) is 0 Å². The van der Waals surface area contributed by atoms with Gasteiger partial charge in [-0.3, -0.25) is 9.69 Å². The number of amides is 1. The van der Waals surface area contributed by atoms with Gasteiger partial charge in [0.2, 0.25) is 11.9 Å². The van der Waals surface area contributed by atoms with Crippen LogP contribution in [0.15, 0.2) is 36.5 Å². The van der Waals surface area contributed by atoms with E-state index in [0.717, 1.165) is 69.2 Å². The molecule has 0 N–H and O–H groups in total. The van der Waals surface area contributed by atoms with Crippen molar-refractivity contribution in [2.24, 2.45) is 5.41 Å². The van der Waals surface area contributed by atoms with Crippen molar-refractivity contribution in [3.05, 3.63) is 53.6 Å². The fraction of sp³-hybridized carbons (Fsp3) is 0.577. The summed E-state index contributed by atoms with van der Waals surface area (Å²) in [5.74, 6) is 0.905. The van der Waals surface area contributed by atoms with Crippen molar-refractivity contribution in [2.75, 3.05) is 38.1 Å². The summed E-state index contributed by atoms with van der Waals surface area (Å²) in [6, 6.07) is 8.92. The molecule has 2 aromatic rings. The Balaban J connectivity index is 1.19. The summed E-state index contributed by atoms with van der Waals surface area (Å²) in [4.78, 5) is 29.2. The van der Waals surface area contributed by atoms with Gasteiger partial charge in [0.1, 0.15) is 5.82 Å². The van der Waals surface area contributed by atoms with E-state index in [4.69, 9.17) is 4.98 Å². The molecule has 3 aliphatic rings. The summed E-state index contributed by atoms with van der Waals surface area (Å²) >= 11 is 0. The molecule has 4 heterocycles. The van der Waals surface area contributed by atoms with E-state index in [1.54, 1.807) is 12.1 Å². The van der Waals surface area contributed by atoms with Crippen LogP contribution in [0, 0.1) is 11.2 Å². The summed E-state index contributed by atoms with van der Waals surface area (Å²) in [6.07, 6.45) is 8.92. The maximum absolute atomic E-state index is 13.6. The van der Waals surface area contributed by atoms with Crippen LogP contribution < -0.4 is 4.90 Å². The molecule has 3 fully saturated rings. The molecule has 33 heavy (non-hydrogen) atoms. The van der Waals surface area contributed by atoms with Gasteiger partial charge in [0.05, 0.1) is 11.1 Å². The topological polar surface area (TPSA) is 52.6 Å². The molecule has 1 atom stereocenters. The number of likely N-dealkylation sites (N-methyl/N-ethyl adjacent to an activating group) is 1. The minimum absolute atomic E-state index is 0.139. The number of piperidine rings is 2. The molecule has 6 nitrogen and oxygen atoms in total. The molecule has 0 aliphatic carbocycles. The third-order valence-corrected chi connectivity index (χ3v) is 7.85. The molecule has 3 aliphatic heterocycles. The Kier molecular flexibility index (Phi) is 6.32. The number of aromatic nitrogens is 2. The average Bonchev–Trinajstić information content (AvgIpc) is 3.06. The van der Waals surface area contributed by atoms with E-state index in [0.29, 0.717) is 6.42 Å². The van der Waals surface area contributed by atoms with Crippen molar-refractivity contribution in [3.8, 4) is 0 Å². The number of hydrogen-bond acceptors (Lipinski definition) is 5. The van der Waals surface area contributed by atoms with E-state index in [2.05, 4.69) is 14.8 Å². The van der Waals surface area contributed by atoms with Crippen LogP contribution in [-0.2, 0) is 17.8 Å². The van der Waals surface area contributed by atoms with Gasteiger partial charge in [-0.15, -0.1) is 0 Å². The molecule has 0 bridgehead atoms. The molecule has 3 saturated heterocycles. The first-order valence-electron chi connectivity index (χ1n) is 12.3. The Bertz CT molecular complexity index is 984. The zero-order valence-corrected chi connectivity index (χ0v) is 19.5. The van der Waals surface area contributed by atoms with E-state index in [9.17, 15) is 9.18 Å². The molecule has 1 unspecified atom stereocenters. The quantitative estimate of drug-likeness (QED) is 0.695. The van der Waals surface area contributed by atoms with Gasteiger partial charge >= 0.3 is 0 Å². The molecular formula is C26H34FN5O. The predicted octanol–water partition coefficient (Wildman–Crippen LogP) is 3.66. The third-order valence-electron chi connectivity index (χ3n) is 7.85. The van der Waals surface area contributed by atoms with Crippen LogP contribution in [0.4, 0.5) is 10.3 Å². The Hall–Kier alpha value is -2.54. The van der Waals surface area contributed by atoms with Crippen LogP contribution in [0.2, 0.25) is 0 Å². The highest BCUT2D eigenvalue weighted by Crippen LogP contribution is 2.44. The summed E-state index contributed by atoms with van der Waals surface area (Å²) in [6.45, 7) is 4.69. The Morgan fingerprint density at radius 3 is 2.64 bits per heavy atom. The van der Waals surface area contributed by atoms with E-state index < -0.39 is 0 Å². The second-order valence-corrected chi connectivity index (χ2v) is 10.1. The second-order valence-electron chi connectivity index (χ2n) is 10.1. The number of carbonyl (C=O) groups excluding carboxylic acids is 1. The lowest BCUT2D eigenvalue weighted by Crippen LogP contribution is -2.44. The van der Waals surface area contributed by atoms with E-state index in [-0.39, 0.29) is 23.2 Å². The number of anilines is 1. The maximum Gasteiger partial charge on any atom is 0.228 e. The average molecular weight is 452 g/mol.